The number of nitrogens with zero attached hydrogens (tertiary/aromatic N) is 1. The van der Waals surface area contributed by atoms with Gasteiger partial charge < -0.3 is 0 Å². The lowest BCUT2D eigenvalue weighted by Crippen LogP contribution is -2.11. The second kappa shape index (κ2) is 5.10. The molecule has 0 amide bonds. The van der Waals surface area contributed by atoms with Crippen molar-refractivity contribution >= 4 is 43.0 Å². The maximum atomic E-state index is 12.0. The molecule has 1 aromatic heterocycles. The van der Waals surface area contributed by atoms with Gasteiger partial charge in [0.15, 0.2) is 4.21 Å². The van der Waals surface area contributed by atoms with Crippen molar-refractivity contribution in [3.05, 3.63) is 45.7 Å². The van der Waals surface area contributed by atoms with E-state index in [0.717, 1.165) is 11.3 Å². The molecule has 0 atom stereocenters. The van der Waals surface area contributed by atoms with Gasteiger partial charge in [0.05, 0.1) is 11.6 Å². The number of rotatable bonds is 3. The van der Waals surface area contributed by atoms with E-state index < -0.39 is 10.0 Å². The minimum absolute atomic E-state index is 0.229. The normalized spacial score (nSPS) is 10.9. The molecule has 0 saturated heterocycles. The SMILES string of the molecule is N#Cc1ccc(NS(=O)(=O)c2sccc2Br)cc1. The molecule has 0 saturated carbocycles. The number of anilines is 1. The smallest absolute Gasteiger partial charge is 0.272 e. The van der Waals surface area contributed by atoms with Gasteiger partial charge in [0, 0.05) is 10.2 Å². The van der Waals surface area contributed by atoms with Crippen molar-refractivity contribution in [3.63, 3.8) is 0 Å². The van der Waals surface area contributed by atoms with Crippen LogP contribution in [0.4, 0.5) is 5.69 Å². The zero-order valence-corrected chi connectivity index (χ0v) is 12.1. The highest BCUT2D eigenvalue weighted by atomic mass is 79.9. The molecular weight excluding hydrogens is 336 g/mol. The van der Waals surface area contributed by atoms with Crippen LogP contribution in [0.15, 0.2) is 44.4 Å². The van der Waals surface area contributed by atoms with Crippen molar-refractivity contribution in [2.45, 2.75) is 4.21 Å². The molecule has 1 N–H and O–H groups in total. The number of nitrogens with one attached hydrogen (secondary N) is 1. The highest BCUT2D eigenvalue weighted by Gasteiger charge is 2.19. The fourth-order valence-electron chi connectivity index (χ4n) is 1.29. The predicted molar refractivity (Wildman–Crippen MR) is 74.0 cm³/mol. The van der Waals surface area contributed by atoms with E-state index in [-0.39, 0.29) is 4.21 Å². The van der Waals surface area contributed by atoms with Gasteiger partial charge in [0.1, 0.15) is 0 Å². The van der Waals surface area contributed by atoms with Crippen LogP contribution in [0, 0.1) is 11.3 Å². The van der Waals surface area contributed by atoms with E-state index in [4.69, 9.17) is 5.26 Å². The highest BCUT2D eigenvalue weighted by Crippen LogP contribution is 2.29. The topological polar surface area (TPSA) is 70.0 Å². The van der Waals surface area contributed by atoms with Gasteiger partial charge in [-0.2, -0.15) is 5.26 Å². The van der Waals surface area contributed by atoms with Crippen LogP contribution in [0.1, 0.15) is 5.56 Å². The van der Waals surface area contributed by atoms with E-state index in [1.54, 1.807) is 35.7 Å². The Morgan fingerprint density at radius 2 is 1.89 bits per heavy atom. The third kappa shape index (κ3) is 2.72. The largest absolute Gasteiger partial charge is 0.279 e. The summed E-state index contributed by atoms with van der Waals surface area (Å²) in [5, 5.41) is 10.3. The molecule has 0 radical (unpaired) electrons. The minimum Gasteiger partial charge on any atom is -0.279 e. The first-order valence-electron chi connectivity index (χ1n) is 4.79. The van der Waals surface area contributed by atoms with E-state index >= 15 is 0 Å². The number of hydrogen-bond donors (Lipinski definition) is 1. The van der Waals surface area contributed by atoms with Crippen molar-refractivity contribution in [1.82, 2.24) is 0 Å². The van der Waals surface area contributed by atoms with Gasteiger partial charge in [0.25, 0.3) is 10.0 Å². The summed E-state index contributed by atoms with van der Waals surface area (Å²) in [5.74, 6) is 0. The lowest BCUT2D eigenvalue weighted by molar-refractivity contribution is 0.603. The number of nitriles is 1. The molecule has 1 heterocycles. The average Bonchev–Trinajstić information content (AvgIpc) is 2.77. The van der Waals surface area contributed by atoms with Gasteiger partial charge in [-0.15, -0.1) is 11.3 Å². The molecule has 2 aromatic rings. The molecule has 4 nitrogen and oxygen atoms in total. The standard InChI is InChI=1S/C11H7BrN2O2S2/c12-10-5-6-17-11(10)18(15,16)14-9-3-1-8(7-13)2-4-9/h1-6,14H. The molecule has 0 fully saturated rings. The molecule has 1 aromatic carbocycles. The molecule has 7 heteroatoms. The summed E-state index contributed by atoms with van der Waals surface area (Å²) < 4.78 is 27.3. The number of hydrogen-bond acceptors (Lipinski definition) is 4. The first kappa shape index (κ1) is 13.1. The third-order valence-corrected chi connectivity index (χ3v) is 6.15. The zero-order chi connectivity index (χ0) is 13.2. The van der Waals surface area contributed by atoms with E-state index in [9.17, 15) is 8.42 Å². The van der Waals surface area contributed by atoms with Crippen molar-refractivity contribution in [1.29, 1.82) is 5.26 Å². The summed E-state index contributed by atoms with van der Waals surface area (Å²) in [5.41, 5.74) is 0.907. The van der Waals surface area contributed by atoms with Crippen LogP contribution in [0.25, 0.3) is 0 Å². The summed E-state index contributed by atoms with van der Waals surface area (Å²) in [4.78, 5) is 0. The van der Waals surface area contributed by atoms with Crippen LogP contribution >= 0.6 is 27.3 Å². The van der Waals surface area contributed by atoms with Gasteiger partial charge in [-0.05, 0) is 51.6 Å². The Kier molecular flexibility index (Phi) is 3.71. The van der Waals surface area contributed by atoms with E-state index in [0.29, 0.717) is 15.7 Å². The van der Waals surface area contributed by atoms with Crippen LogP contribution in [0.3, 0.4) is 0 Å². The molecular formula is C11H7BrN2O2S2. The Morgan fingerprint density at radius 3 is 2.39 bits per heavy atom. The molecule has 18 heavy (non-hydrogen) atoms. The van der Waals surface area contributed by atoms with Crippen molar-refractivity contribution in [2.24, 2.45) is 0 Å². The highest BCUT2D eigenvalue weighted by molar-refractivity contribution is 9.10. The van der Waals surface area contributed by atoms with Gasteiger partial charge >= 0.3 is 0 Å². The maximum absolute atomic E-state index is 12.0. The minimum atomic E-state index is -3.58. The second-order valence-electron chi connectivity index (χ2n) is 3.35. The monoisotopic (exact) mass is 342 g/mol. The number of sulfonamides is 1. The predicted octanol–water partition coefficient (Wildman–Crippen LogP) is 3.18. The summed E-state index contributed by atoms with van der Waals surface area (Å²) in [6, 6.07) is 9.87. The molecule has 0 unspecified atom stereocenters. The van der Waals surface area contributed by atoms with Crippen LogP contribution in [0.2, 0.25) is 0 Å². The molecule has 0 spiro atoms. The Hall–Kier alpha value is -1.36. The van der Waals surface area contributed by atoms with Gasteiger partial charge in [0.2, 0.25) is 0 Å². The zero-order valence-electron chi connectivity index (χ0n) is 8.92. The Balaban J connectivity index is 2.28. The van der Waals surface area contributed by atoms with Crippen molar-refractivity contribution in [2.75, 3.05) is 4.72 Å². The fraction of sp³-hybridized carbons (Fsp3) is 0. The van der Waals surface area contributed by atoms with Crippen molar-refractivity contribution < 1.29 is 8.42 Å². The molecule has 92 valence electrons. The molecule has 0 aliphatic rings. The molecule has 0 aliphatic carbocycles. The number of thiophene rings is 1. The summed E-state index contributed by atoms with van der Waals surface area (Å²) in [7, 11) is -3.58. The van der Waals surface area contributed by atoms with Gasteiger partial charge in [-0.1, -0.05) is 0 Å². The van der Waals surface area contributed by atoms with Crippen LogP contribution < -0.4 is 4.72 Å². The quantitative estimate of drug-likeness (QED) is 0.931. The molecule has 0 aliphatic heterocycles. The van der Waals surface area contributed by atoms with E-state index in [2.05, 4.69) is 20.7 Å². The fourth-order valence-corrected chi connectivity index (χ4v) is 4.68. The molecule has 0 bridgehead atoms. The van der Waals surface area contributed by atoms with Gasteiger partial charge in [-0.3, -0.25) is 4.72 Å². The lowest BCUT2D eigenvalue weighted by Gasteiger charge is -2.06. The first-order chi connectivity index (χ1) is 8.53. The maximum Gasteiger partial charge on any atom is 0.272 e. The van der Waals surface area contributed by atoms with E-state index in [1.807, 2.05) is 6.07 Å². The third-order valence-electron chi connectivity index (χ3n) is 2.09. The van der Waals surface area contributed by atoms with Gasteiger partial charge in [-0.25, -0.2) is 8.42 Å². The number of benzene rings is 1. The first-order valence-corrected chi connectivity index (χ1v) is 7.94. The second-order valence-corrected chi connectivity index (χ2v) is 7.00. The Morgan fingerprint density at radius 1 is 1.22 bits per heavy atom. The lowest BCUT2D eigenvalue weighted by atomic mass is 10.2. The molecule has 2 rings (SSSR count). The average molecular weight is 343 g/mol. The number of halogens is 1. The van der Waals surface area contributed by atoms with Crippen LogP contribution in [-0.4, -0.2) is 8.42 Å². The summed E-state index contributed by atoms with van der Waals surface area (Å²) in [6.45, 7) is 0. The Bertz CT molecular complexity index is 699. The van der Waals surface area contributed by atoms with Crippen LogP contribution in [0.5, 0.6) is 0 Å². The Labute approximate surface area is 117 Å². The van der Waals surface area contributed by atoms with E-state index in [1.165, 1.54) is 0 Å². The summed E-state index contributed by atoms with van der Waals surface area (Å²) in [6.07, 6.45) is 0. The van der Waals surface area contributed by atoms with Crippen molar-refractivity contribution in [3.8, 4) is 6.07 Å². The van der Waals surface area contributed by atoms with Crippen LogP contribution in [-0.2, 0) is 10.0 Å². The summed E-state index contributed by atoms with van der Waals surface area (Å²) >= 11 is 4.32.